The number of hydrogen-bond donors (Lipinski definition) is 0. The first-order valence-corrected chi connectivity index (χ1v) is 10.1. The number of nitrogens with zero attached hydrogens (tertiary/aromatic N) is 1. The molecule has 0 N–H and O–H groups in total. The maximum atomic E-state index is 13.0. The average molecular weight is 449 g/mol. The first-order valence-electron chi connectivity index (χ1n) is 8.22. The number of anilines is 1. The molecule has 122 valence electrons. The third kappa shape index (κ3) is 1.83. The van der Waals surface area contributed by atoms with E-state index in [2.05, 4.69) is 31.9 Å². The minimum Gasteiger partial charge on any atom is -0.274 e. The van der Waals surface area contributed by atoms with Crippen LogP contribution in [-0.4, -0.2) is 21.5 Å². The number of carbonyl (C=O) groups is 2. The summed E-state index contributed by atoms with van der Waals surface area (Å²) >= 11 is 7.45. The van der Waals surface area contributed by atoms with Crippen LogP contribution in [0.1, 0.15) is 6.42 Å². The Hall–Kier alpha value is -1.20. The molecule has 0 unspecified atom stereocenters. The summed E-state index contributed by atoms with van der Waals surface area (Å²) < 4.78 is 0. The van der Waals surface area contributed by atoms with Crippen LogP contribution >= 0.6 is 31.9 Å². The predicted octanol–water partition coefficient (Wildman–Crippen LogP) is 4.12. The Labute approximate surface area is 156 Å². The molecule has 2 aromatic rings. The highest BCUT2D eigenvalue weighted by Gasteiger charge is 2.66. The predicted molar refractivity (Wildman–Crippen MR) is 100 cm³/mol. The monoisotopic (exact) mass is 447 g/mol. The number of alkyl halides is 2. The van der Waals surface area contributed by atoms with Gasteiger partial charge in [0.2, 0.25) is 11.8 Å². The molecule has 0 aromatic heterocycles. The van der Waals surface area contributed by atoms with Crippen LogP contribution in [0, 0.1) is 23.7 Å². The molecular weight excluding hydrogens is 434 g/mol. The summed E-state index contributed by atoms with van der Waals surface area (Å²) in [5, 5.41) is 2.16. The summed E-state index contributed by atoms with van der Waals surface area (Å²) in [6, 6.07) is 13.8. The normalized spacial score (nSPS) is 37.5. The number of benzene rings is 2. The minimum absolute atomic E-state index is 0.0170. The van der Waals surface area contributed by atoms with Crippen LogP contribution in [0.2, 0.25) is 0 Å². The zero-order valence-electron chi connectivity index (χ0n) is 12.7. The fourth-order valence-electron chi connectivity index (χ4n) is 4.92. The van der Waals surface area contributed by atoms with E-state index in [4.69, 9.17) is 0 Å². The molecule has 5 heteroatoms. The van der Waals surface area contributed by atoms with Gasteiger partial charge in [-0.2, -0.15) is 0 Å². The number of halogens is 2. The Morgan fingerprint density at radius 1 is 0.833 bits per heavy atom. The van der Waals surface area contributed by atoms with Crippen LogP contribution in [0.4, 0.5) is 5.69 Å². The number of imide groups is 1. The van der Waals surface area contributed by atoms with E-state index in [1.54, 1.807) is 0 Å². The molecule has 5 rings (SSSR count). The molecule has 1 heterocycles. The van der Waals surface area contributed by atoms with Gasteiger partial charge >= 0.3 is 0 Å². The Morgan fingerprint density at radius 3 is 2.04 bits per heavy atom. The number of fused-ring (bicyclic) bond motifs is 6. The van der Waals surface area contributed by atoms with Crippen molar-refractivity contribution in [2.75, 3.05) is 4.90 Å². The van der Waals surface area contributed by atoms with Gasteiger partial charge < -0.3 is 0 Å². The summed E-state index contributed by atoms with van der Waals surface area (Å²) in [7, 11) is 0. The Balaban J connectivity index is 1.57. The summed E-state index contributed by atoms with van der Waals surface area (Å²) in [6.45, 7) is 0. The van der Waals surface area contributed by atoms with Crippen molar-refractivity contribution >= 4 is 60.1 Å². The zero-order valence-corrected chi connectivity index (χ0v) is 15.9. The minimum atomic E-state index is -0.160. The van der Waals surface area contributed by atoms with Crippen molar-refractivity contribution in [3.05, 3.63) is 42.5 Å². The third-order valence-corrected chi connectivity index (χ3v) is 9.18. The van der Waals surface area contributed by atoms with Gasteiger partial charge in [-0.25, -0.2) is 0 Å². The van der Waals surface area contributed by atoms with Crippen LogP contribution in [0.3, 0.4) is 0 Å². The molecule has 0 spiro atoms. The lowest BCUT2D eigenvalue weighted by molar-refractivity contribution is -0.123. The van der Waals surface area contributed by atoms with Gasteiger partial charge in [-0.05, 0) is 41.2 Å². The van der Waals surface area contributed by atoms with Gasteiger partial charge in [-0.3, -0.25) is 14.5 Å². The molecule has 1 saturated heterocycles. The summed E-state index contributed by atoms with van der Waals surface area (Å²) in [5.41, 5.74) is 0.703. The lowest BCUT2D eigenvalue weighted by Gasteiger charge is -2.28. The van der Waals surface area contributed by atoms with Crippen molar-refractivity contribution in [3.8, 4) is 0 Å². The molecule has 6 atom stereocenters. The summed E-state index contributed by atoms with van der Waals surface area (Å²) in [6.07, 6.45) is 0.963. The summed E-state index contributed by atoms with van der Waals surface area (Å²) in [4.78, 5) is 28.1. The molecular formula is C19H15Br2NO2. The van der Waals surface area contributed by atoms with Gasteiger partial charge in [0.15, 0.2) is 0 Å². The molecule has 0 radical (unpaired) electrons. The second-order valence-electron chi connectivity index (χ2n) is 7.05. The second-order valence-corrected chi connectivity index (χ2v) is 9.16. The molecule has 3 aliphatic rings. The number of rotatable bonds is 1. The molecule has 24 heavy (non-hydrogen) atoms. The SMILES string of the molecule is O=C1[C@@H]2[C@H]3C[C@@H]([C@@H](Br)[C@H]3Br)[C@H]2C(=O)N1c1ccc2ccccc2c1. The fourth-order valence-corrected chi connectivity index (χ4v) is 6.79. The largest absolute Gasteiger partial charge is 0.274 e. The highest BCUT2D eigenvalue weighted by Crippen LogP contribution is 2.60. The van der Waals surface area contributed by atoms with Crippen LogP contribution < -0.4 is 4.90 Å². The van der Waals surface area contributed by atoms with E-state index in [-0.39, 0.29) is 45.1 Å². The van der Waals surface area contributed by atoms with Crippen molar-refractivity contribution in [3.63, 3.8) is 0 Å². The summed E-state index contributed by atoms with van der Waals surface area (Å²) in [5.74, 6) is 0.158. The molecule has 3 nitrogen and oxygen atoms in total. The maximum absolute atomic E-state index is 13.0. The van der Waals surface area contributed by atoms with E-state index in [1.807, 2.05) is 42.5 Å². The molecule has 2 aromatic carbocycles. The molecule has 2 amide bonds. The van der Waals surface area contributed by atoms with Gasteiger partial charge in [-0.1, -0.05) is 62.2 Å². The average Bonchev–Trinajstić information content (AvgIpc) is 3.19. The van der Waals surface area contributed by atoms with E-state index >= 15 is 0 Å². The van der Waals surface area contributed by atoms with E-state index in [9.17, 15) is 9.59 Å². The maximum Gasteiger partial charge on any atom is 0.238 e. The van der Waals surface area contributed by atoms with E-state index < -0.39 is 0 Å². The van der Waals surface area contributed by atoms with Crippen molar-refractivity contribution < 1.29 is 9.59 Å². The standard InChI is InChI=1S/C19H15Br2NO2/c20-16-12-8-13(17(16)21)15-14(12)18(23)22(19(15)24)11-6-5-9-3-1-2-4-10(9)7-11/h1-7,12-17H,8H2/t12-,13-,14-,15-,16-,17+/m1/s1. The first-order chi connectivity index (χ1) is 11.6. The Morgan fingerprint density at radius 2 is 1.42 bits per heavy atom. The van der Waals surface area contributed by atoms with E-state index in [1.165, 1.54) is 4.90 Å². The van der Waals surface area contributed by atoms with Crippen molar-refractivity contribution in [2.24, 2.45) is 23.7 Å². The smallest absolute Gasteiger partial charge is 0.238 e. The molecule has 2 saturated carbocycles. The van der Waals surface area contributed by atoms with Gasteiger partial charge in [0.25, 0.3) is 0 Å². The molecule has 2 aliphatic carbocycles. The Bertz CT molecular complexity index is 851. The first kappa shape index (κ1) is 15.1. The van der Waals surface area contributed by atoms with Gasteiger partial charge in [-0.15, -0.1) is 0 Å². The quantitative estimate of drug-likeness (QED) is 0.486. The van der Waals surface area contributed by atoms with E-state index in [0.717, 1.165) is 17.2 Å². The molecule has 3 fully saturated rings. The van der Waals surface area contributed by atoms with Crippen LogP contribution in [0.15, 0.2) is 42.5 Å². The van der Waals surface area contributed by atoms with Gasteiger partial charge in [0, 0.05) is 9.65 Å². The van der Waals surface area contributed by atoms with Gasteiger partial charge in [0.05, 0.1) is 17.5 Å². The molecule has 2 bridgehead atoms. The molecule has 1 aliphatic heterocycles. The second kappa shape index (κ2) is 5.15. The lowest BCUT2D eigenvalue weighted by atomic mass is 9.81. The topological polar surface area (TPSA) is 37.4 Å². The third-order valence-electron chi connectivity index (χ3n) is 5.98. The van der Waals surface area contributed by atoms with E-state index in [0.29, 0.717) is 5.69 Å². The van der Waals surface area contributed by atoms with Crippen LogP contribution in [0.25, 0.3) is 10.8 Å². The Kier molecular flexibility index (Phi) is 3.24. The highest BCUT2D eigenvalue weighted by molar-refractivity contribution is 9.12. The lowest BCUT2D eigenvalue weighted by Crippen LogP contribution is -2.37. The van der Waals surface area contributed by atoms with Crippen molar-refractivity contribution in [1.29, 1.82) is 0 Å². The fraction of sp³-hybridized carbons (Fsp3) is 0.368. The zero-order chi connectivity index (χ0) is 16.6. The van der Waals surface area contributed by atoms with Gasteiger partial charge in [0.1, 0.15) is 0 Å². The van der Waals surface area contributed by atoms with Crippen molar-refractivity contribution in [2.45, 2.75) is 16.1 Å². The van der Waals surface area contributed by atoms with Crippen LogP contribution in [-0.2, 0) is 9.59 Å². The number of hydrogen-bond acceptors (Lipinski definition) is 2. The highest BCUT2D eigenvalue weighted by atomic mass is 79.9. The van der Waals surface area contributed by atoms with Crippen molar-refractivity contribution in [1.82, 2.24) is 0 Å². The van der Waals surface area contributed by atoms with Crippen LogP contribution in [0.5, 0.6) is 0 Å². The number of amides is 2. The number of carbonyl (C=O) groups excluding carboxylic acids is 2.